The van der Waals surface area contributed by atoms with E-state index in [-0.39, 0.29) is 18.1 Å². The van der Waals surface area contributed by atoms with E-state index in [0.29, 0.717) is 6.54 Å². The SMILES string of the molecule is CC(O)CN1CCNc2ccc([N+](=O)[O-])cc21.Cl. The van der Waals surface area contributed by atoms with Gasteiger partial charge < -0.3 is 15.3 Å². The topological polar surface area (TPSA) is 78.6 Å². The molecule has 1 aliphatic rings. The number of anilines is 2. The highest BCUT2D eigenvalue weighted by molar-refractivity contribution is 5.85. The largest absolute Gasteiger partial charge is 0.392 e. The Morgan fingerprint density at radius 3 is 2.94 bits per heavy atom. The van der Waals surface area contributed by atoms with Gasteiger partial charge in [0.15, 0.2) is 0 Å². The van der Waals surface area contributed by atoms with Crippen molar-refractivity contribution >= 4 is 29.5 Å². The number of fused-ring (bicyclic) bond motifs is 1. The van der Waals surface area contributed by atoms with Crippen LogP contribution in [-0.2, 0) is 0 Å². The molecular weight excluding hydrogens is 258 g/mol. The number of benzene rings is 1. The number of aliphatic hydroxyl groups excluding tert-OH is 1. The molecule has 1 atom stereocenters. The van der Waals surface area contributed by atoms with Crippen LogP contribution >= 0.6 is 12.4 Å². The fourth-order valence-corrected chi connectivity index (χ4v) is 2.00. The lowest BCUT2D eigenvalue weighted by Crippen LogP contribution is -2.38. The summed E-state index contributed by atoms with van der Waals surface area (Å²) in [6.07, 6.45) is -0.458. The van der Waals surface area contributed by atoms with Crippen LogP contribution in [-0.4, -0.2) is 35.8 Å². The average Bonchev–Trinajstić information content (AvgIpc) is 2.28. The quantitative estimate of drug-likeness (QED) is 0.646. The first kappa shape index (κ1) is 14.5. The molecule has 18 heavy (non-hydrogen) atoms. The molecule has 0 saturated heterocycles. The molecular formula is C11H16ClN3O3. The molecule has 1 aliphatic heterocycles. The van der Waals surface area contributed by atoms with Crippen molar-refractivity contribution in [3.63, 3.8) is 0 Å². The number of nitro groups is 1. The molecule has 0 aliphatic carbocycles. The van der Waals surface area contributed by atoms with Gasteiger partial charge in [-0.15, -0.1) is 12.4 Å². The summed E-state index contributed by atoms with van der Waals surface area (Å²) in [5, 5.41) is 23.3. The Bertz CT molecular complexity index is 440. The Morgan fingerprint density at radius 1 is 1.61 bits per heavy atom. The smallest absolute Gasteiger partial charge is 0.271 e. The number of nitrogens with one attached hydrogen (secondary N) is 1. The molecule has 1 heterocycles. The summed E-state index contributed by atoms with van der Waals surface area (Å²) in [5.41, 5.74) is 1.73. The van der Waals surface area contributed by atoms with Crippen LogP contribution in [0.3, 0.4) is 0 Å². The highest BCUT2D eigenvalue weighted by Gasteiger charge is 2.20. The zero-order valence-electron chi connectivity index (χ0n) is 10.00. The molecule has 7 heteroatoms. The molecule has 2 rings (SSSR count). The number of β-amino-alcohol motifs (C(OH)–C–C–N with tert-alkyl or cyclic N) is 1. The summed E-state index contributed by atoms with van der Waals surface area (Å²) in [6.45, 7) is 3.70. The Labute approximate surface area is 111 Å². The maximum absolute atomic E-state index is 10.7. The third-order valence-electron chi connectivity index (χ3n) is 2.71. The molecule has 100 valence electrons. The molecule has 0 spiro atoms. The molecule has 0 aromatic heterocycles. The molecule has 0 radical (unpaired) electrons. The molecule has 0 fully saturated rings. The zero-order valence-corrected chi connectivity index (χ0v) is 10.8. The monoisotopic (exact) mass is 273 g/mol. The number of non-ortho nitro benzene ring substituents is 1. The maximum atomic E-state index is 10.7. The Balaban J connectivity index is 0.00000162. The summed E-state index contributed by atoms with van der Waals surface area (Å²) in [5.74, 6) is 0. The van der Waals surface area contributed by atoms with Crippen molar-refractivity contribution < 1.29 is 10.0 Å². The summed E-state index contributed by atoms with van der Waals surface area (Å²) < 4.78 is 0. The first-order valence-electron chi connectivity index (χ1n) is 5.53. The summed E-state index contributed by atoms with van der Waals surface area (Å²) in [4.78, 5) is 12.3. The average molecular weight is 274 g/mol. The second kappa shape index (κ2) is 5.88. The van der Waals surface area contributed by atoms with E-state index < -0.39 is 11.0 Å². The van der Waals surface area contributed by atoms with Gasteiger partial charge in [-0.1, -0.05) is 0 Å². The second-order valence-electron chi connectivity index (χ2n) is 4.18. The summed E-state index contributed by atoms with van der Waals surface area (Å²) >= 11 is 0. The van der Waals surface area contributed by atoms with E-state index in [1.54, 1.807) is 19.1 Å². The molecule has 1 aromatic rings. The molecule has 1 unspecified atom stereocenters. The van der Waals surface area contributed by atoms with Crippen LogP contribution in [0.1, 0.15) is 6.92 Å². The van der Waals surface area contributed by atoms with Gasteiger partial charge in [-0.05, 0) is 13.0 Å². The van der Waals surface area contributed by atoms with E-state index >= 15 is 0 Å². The fraction of sp³-hybridized carbons (Fsp3) is 0.455. The van der Waals surface area contributed by atoms with Crippen molar-refractivity contribution in [3.8, 4) is 0 Å². The minimum atomic E-state index is -0.458. The van der Waals surface area contributed by atoms with Crippen molar-refractivity contribution in [2.75, 3.05) is 29.9 Å². The Hall–Kier alpha value is -1.53. The predicted octanol–water partition coefficient (Wildman–Crippen LogP) is 1.63. The molecule has 0 bridgehead atoms. The second-order valence-corrected chi connectivity index (χ2v) is 4.18. The first-order valence-corrected chi connectivity index (χ1v) is 5.53. The van der Waals surface area contributed by atoms with E-state index in [0.717, 1.165) is 24.5 Å². The van der Waals surface area contributed by atoms with Gasteiger partial charge in [0.05, 0.1) is 22.4 Å². The van der Waals surface area contributed by atoms with E-state index in [1.807, 2.05) is 4.90 Å². The van der Waals surface area contributed by atoms with Gasteiger partial charge >= 0.3 is 0 Å². The molecule has 6 nitrogen and oxygen atoms in total. The maximum Gasteiger partial charge on any atom is 0.271 e. The molecule has 1 aromatic carbocycles. The van der Waals surface area contributed by atoms with Gasteiger partial charge in [-0.25, -0.2) is 0 Å². The van der Waals surface area contributed by atoms with Crippen LogP contribution < -0.4 is 10.2 Å². The van der Waals surface area contributed by atoms with Gasteiger partial charge in [0.25, 0.3) is 5.69 Å². The lowest BCUT2D eigenvalue weighted by molar-refractivity contribution is -0.384. The van der Waals surface area contributed by atoms with E-state index in [9.17, 15) is 15.2 Å². The number of nitrogens with zero attached hydrogens (tertiary/aromatic N) is 2. The summed E-state index contributed by atoms with van der Waals surface area (Å²) in [6, 6.07) is 4.74. The van der Waals surface area contributed by atoms with Gasteiger partial charge in [0.2, 0.25) is 0 Å². The third-order valence-corrected chi connectivity index (χ3v) is 2.71. The van der Waals surface area contributed by atoms with Crippen molar-refractivity contribution in [3.05, 3.63) is 28.3 Å². The van der Waals surface area contributed by atoms with Crippen LogP contribution in [0, 0.1) is 10.1 Å². The zero-order chi connectivity index (χ0) is 12.4. The standard InChI is InChI=1S/C11H15N3O3.ClH/c1-8(15)7-13-5-4-12-10-3-2-9(14(16)17)6-11(10)13;/h2-3,6,8,12,15H,4-5,7H2,1H3;1H. The third kappa shape index (κ3) is 3.02. The number of hydrogen-bond acceptors (Lipinski definition) is 5. The number of rotatable bonds is 3. The van der Waals surface area contributed by atoms with Crippen LogP contribution in [0.4, 0.5) is 17.1 Å². The van der Waals surface area contributed by atoms with E-state index in [2.05, 4.69) is 5.32 Å². The van der Waals surface area contributed by atoms with Gasteiger partial charge in [-0.3, -0.25) is 10.1 Å². The van der Waals surface area contributed by atoms with Crippen molar-refractivity contribution in [2.24, 2.45) is 0 Å². The van der Waals surface area contributed by atoms with E-state index in [4.69, 9.17) is 0 Å². The lowest BCUT2D eigenvalue weighted by Gasteiger charge is -2.32. The number of nitro benzene ring substituents is 1. The molecule has 0 amide bonds. The van der Waals surface area contributed by atoms with Crippen LogP contribution in [0.5, 0.6) is 0 Å². The van der Waals surface area contributed by atoms with Crippen LogP contribution in [0.2, 0.25) is 0 Å². The van der Waals surface area contributed by atoms with Crippen LogP contribution in [0.25, 0.3) is 0 Å². The minimum absolute atomic E-state index is 0. The predicted molar refractivity (Wildman–Crippen MR) is 72.7 cm³/mol. The van der Waals surface area contributed by atoms with Gasteiger partial charge in [0, 0.05) is 31.8 Å². The highest BCUT2D eigenvalue weighted by Crippen LogP contribution is 2.32. The molecule has 2 N–H and O–H groups in total. The van der Waals surface area contributed by atoms with Crippen LogP contribution in [0.15, 0.2) is 18.2 Å². The fourth-order valence-electron chi connectivity index (χ4n) is 2.00. The number of aliphatic hydroxyl groups is 1. The Morgan fingerprint density at radius 2 is 2.33 bits per heavy atom. The van der Waals surface area contributed by atoms with Gasteiger partial charge in [-0.2, -0.15) is 0 Å². The van der Waals surface area contributed by atoms with Crippen molar-refractivity contribution in [2.45, 2.75) is 13.0 Å². The summed E-state index contributed by atoms with van der Waals surface area (Å²) in [7, 11) is 0. The van der Waals surface area contributed by atoms with Gasteiger partial charge in [0.1, 0.15) is 0 Å². The Kier molecular flexibility index (Phi) is 4.75. The lowest BCUT2D eigenvalue weighted by atomic mass is 10.1. The number of hydrogen-bond donors (Lipinski definition) is 2. The first-order chi connectivity index (χ1) is 8.08. The van der Waals surface area contributed by atoms with Crippen molar-refractivity contribution in [1.82, 2.24) is 0 Å². The minimum Gasteiger partial charge on any atom is -0.392 e. The number of halogens is 1. The normalized spacial score (nSPS) is 15.1. The molecule has 0 saturated carbocycles. The van der Waals surface area contributed by atoms with E-state index in [1.165, 1.54) is 6.07 Å². The van der Waals surface area contributed by atoms with Crippen molar-refractivity contribution in [1.29, 1.82) is 0 Å². The highest BCUT2D eigenvalue weighted by atomic mass is 35.5.